The van der Waals surface area contributed by atoms with E-state index in [1.807, 2.05) is 13.8 Å². The molecule has 2 aromatic carbocycles. The third-order valence-electron chi connectivity index (χ3n) is 4.33. The van der Waals surface area contributed by atoms with Gasteiger partial charge in [0.2, 0.25) is 0 Å². The second-order valence-electron chi connectivity index (χ2n) is 7.50. The van der Waals surface area contributed by atoms with Crippen molar-refractivity contribution in [3.8, 4) is 0 Å². The summed E-state index contributed by atoms with van der Waals surface area (Å²) in [6, 6.07) is 9.57. The van der Waals surface area contributed by atoms with Crippen LogP contribution in [0.3, 0.4) is 0 Å². The minimum Gasteiger partial charge on any atom is -0.453 e. The number of rotatable bonds is 7. The Morgan fingerprint density at radius 2 is 1.69 bits per heavy atom. The first-order valence-electron chi connectivity index (χ1n) is 9.03. The molecule has 29 heavy (non-hydrogen) atoms. The van der Waals surface area contributed by atoms with E-state index in [0.717, 1.165) is 23.8 Å². The molecule has 0 atom stereocenters. The number of nitrogens with one attached hydrogen (secondary N) is 1. The SMILES string of the molecule is COC(=O)Nc1ccc(CN(CC(C)(C)CN)C(=O)c2cc(F)cc(F)c2)cc1. The van der Waals surface area contributed by atoms with E-state index in [1.165, 1.54) is 12.0 Å². The second-order valence-corrected chi connectivity index (χ2v) is 7.50. The fourth-order valence-electron chi connectivity index (χ4n) is 2.72. The van der Waals surface area contributed by atoms with Gasteiger partial charge in [0.25, 0.3) is 5.91 Å². The van der Waals surface area contributed by atoms with Crippen molar-refractivity contribution in [2.75, 3.05) is 25.5 Å². The maximum atomic E-state index is 13.6. The van der Waals surface area contributed by atoms with Crippen LogP contribution in [0.2, 0.25) is 0 Å². The van der Waals surface area contributed by atoms with Gasteiger partial charge in [-0.05, 0) is 41.8 Å². The summed E-state index contributed by atoms with van der Waals surface area (Å²) in [5.74, 6) is -2.13. The number of hydrogen-bond acceptors (Lipinski definition) is 4. The highest BCUT2D eigenvalue weighted by Crippen LogP contribution is 2.21. The summed E-state index contributed by atoms with van der Waals surface area (Å²) in [6.07, 6.45) is -0.590. The zero-order valence-electron chi connectivity index (χ0n) is 16.7. The summed E-state index contributed by atoms with van der Waals surface area (Å²) < 4.78 is 31.7. The molecule has 0 saturated carbocycles. The predicted octanol–water partition coefficient (Wildman–Crippen LogP) is 3.77. The Hall–Kier alpha value is -3.00. The van der Waals surface area contributed by atoms with Crippen LogP contribution in [-0.4, -0.2) is 37.1 Å². The lowest BCUT2D eigenvalue weighted by Crippen LogP contribution is -2.41. The molecule has 2 rings (SSSR count). The van der Waals surface area contributed by atoms with Crippen molar-refractivity contribution >= 4 is 17.7 Å². The number of hydrogen-bond donors (Lipinski definition) is 2. The summed E-state index contributed by atoms with van der Waals surface area (Å²) in [7, 11) is 1.27. The van der Waals surface area contributed by atoms with Gasteiger partial charge < -0.3 is 15.4 Å². The van der Waals surface area contributed by atoms with Crippen molar-refractivity contribution in [2.24, 2.45) is 11.1 Å². The van der Waals surface area contributed by atoms with Gasteiger partial charge in [0.1, 0.15) is 11.6 Å². The van der Waals surface area contributed by atoms with Crippen LogP contribution in [0, 0.1) is 17.0 Å². The van der Waals surface area contributed by atoms with Gasteiger partial charge in [-0.1, -0.05) is 26.0 Å². The first-order chi connectivity index (χ1) is 13.6. The Morgan fingerprint density at radius 3 is 2.21 bits per heavy atom. The zero-order valence-corrected chi connectivity index (χ0v) is 16.7. The largest absolute Gasteiger partial charge is 0.453 e. The number of halogens is 2. The van der Waals surface area contributed by atoms with Gasteiger partial charge in [-0.3, -0.25) is 10.1 Å². The number of benzene rings is 2. The molecule has 0 aliphatic carbocycles. The van der Waals surface area contributed by atoms with Crippen molar-refractivity contribution < 1.29 is 23.1 Å². The average molecular weight is 405 g/mol. The molecule has 0 unspecified atom stereocenters. The molecule has 0 saturated heterocycles. The standard InChI is InChI=1S/C21H25F2N3O3/c1-21(2,12-24)13-26(19(27)15-8-16(22)10-17(23)9-15)11-14-4-6-18(7-5-14)25-20(28)29-3/h4-10H,11-13,24H2,1-3H3,(H,25,28). The summed E-state index contributed by atoms with van der Waals surface area (Å²) in [5, 5.41) is 2.54. The molecule has 3 N–H and O–H groups in total. The van der Waals surface area contributed by atoms with Crippen molar-refractivity contribution in [3.63, 3.8) is 0 Å². The summed E-state index contributed by atoms with van der Waals surface area (Å²) in [6.45, 7) is 4.64. The van der Waals surface area contributed by atoms with Crippen LogP contribution in [0.15, 0.2) is 42.5 Å². The molecule has 156 valence electrons. The van der Waals surface area contributed by atoms with Gasteiger partial charge in [0.05, 0.1) is 7.11 Å². The lowest BCUT2D eigenvalue weighted by atomic mass is 9.92. The molecule has 0 spiro atoms. The number of ether oxygens (including phenoxy) is 1. The first-order valence-corrected chi connectivity index (χ1v) is 9.03. The van der Waals surface area contributed by atoms with Crippen molar-refractivity contribution in [2.45, 2.75) is 20.4 Å². The number of amides is 2. The first kappa shape index (κ1) is 22.3. The molecule has 0 aromatic heterocycles. The Labute approximate surface area is 168 Å². The van der Waals surface area contributed by atoms with Gasteiger partial charge in [-0.2, -0.15) is 0 Å². The topological polar surface area (TPSA) is 84.7 Å². The lowest BCUT2D eigenvalue weighted by molar-refractivity contribution is 0.0672. The molecule has 0 bridgehead atoms. The molecular weight excluding hydrogens is 380 g/mol. The summed E-state index contributed by atoms with van der Waals surface area (Å²) in [4.78, 5) is 25.8. The van der Waals surface area contributed by atoms with E-state index >= 15 is 0 Å². The van der Waals surface area contributed by atoms with Gasteiger partial charge in [0, 0.05) is 30.4 Å². The van der Waals surface area contributed by atoms with Crippen LogP contribution in [0.4, 0.5) is 19.3 Å². The summed E-state index contributed by atoms with van der Waals surface area (Å²) >= 11 is 0. The van der Waals surface area contributed by atoms with Gasteiger partial charge in [0.15, 0.2) is 0 Å². The molecule has 2 aromatic rings. The highest BCUT2D eigenvalue weighted by atomic mass is 19.1. The Morgan fingerprint density at radius 1 is 1.10 bits per heavy atom. The Balaban J connectivity index is 2.26. The fraction of sp³-hybridized carbons (Fsp3) is 0.333. The number of carbonyl (C=O) groups excluding carboxylic acids is 2. The van der Waals surface area contributed by atoms with Crippen LogP contribution >= 0.6 is 0 Å². The third-order valence-corrected chi connectivity index (χ3v) is 4.33. The smallest absolute Gasteiger partial charge is 0.411 e. The number of nitrogens with zero attached hydrogens (tertiary/aromatic N) is 1. The van der Waals surface area contributed by atoms with E-state index in [0.29, 0.717) is 18.8 Å². The van der Waals surface area contributed by atoms with Crippen LogP contribution < -0.4 is 11.1 Å². The van der Waals surface area contributed by atoms with E-state index in [1.54, 1.807) is 24.3 Å². The highest BCUT2D eigenvalue weighted by molar-refractivity contribution is 5.94. The maximum Gasteiger partial charge on any atom is 0.411 e. The minimum atomic E-state index is -0.815. The monoisotopic (exact) mass is 405 g/mol. The van der Waals surface area contributed by atoms with E-state index in [9.17, 15) is 18.4 Å². The minimum absolute atomic E-state index is 0.0701. The van der Waals surface area contributed by atoms with Gasteiger partial charge >= 0.3 is 6.09 Å². The molecule has 6 nitrogen and oxygen atoms in total. The predicted molar refractivity (Wildman–Crippen MR) is 106 cm³/mol. The zero-order chi connectivity index (χ0) is 21.6. The van der Waals surface area contributed by atoms with E-state index in [-0.39, 0.29) is 12.1 Å². The van der Waals surface area contributed by atoms with E-state index in [2.05, 4.69) is 10.1 Å². The van der Waals surface area contributed by atoms with Crippen molar-refractivity contribution in [3.05, 3.63) is 65.2 Å². The molecule has 2 amide bonds. The lowest BCUT2D eigenvalue weighted by Gasteiger charge is -2.32. The quantitative estimate of drug-likeness (QED) is 0.734. The van der Waals surface area contributed by atoms with Crippen molar-refractivity contribution in [1.29, 1.82) is 0 Å². The second kappa shape index (κ2) is 9.47. The normalized spacial score (nSPS) is 11.1. The van der Waals surface area contributed by atoms with E-state index in [4.69, 9.17) is 5.73 Å². The van der Waals surface area contributed by atoms with Crippen molar-refractivity contribution in [1.82, 2.24) is 4.90 Å². The molecule has 0 aliphatic heterocycles. The molecule has 0 aliphatic rings. The number of carbonyl (C=O) groups is 2. The summed E-state index contributed by atoms with van der Waals surface area (Å²) in [5.41, 5.74) is 6.65. The van der Waals surface area contributed by atoms with E-state index < -0.39 is 29.0 Å². The Bertz CT molecular complexity index is 850. The van der Waals surface area contributed by atoms with Crippen LogP contribution in [0.1, 0.15) is 29.8 Å². The highest BCUT2D eigenvalue weighted by Gasteiger charge is 2.25. The molecular formula is C21H25F2N3O3. The number of anilines is 1. The number of nitrogens with two attached hydrogens (primary N) is 1. The Kier molecular flexibility index (Phi) is 7.28. The maximum absolute atomic E-state index is 13.6. The van der Waals surface area contributed by atoms with Crippen LogP contribution in [0.5, 0.6) is 0 Å². The number of methoxy groups -OCH3 is 1. The van der Waals surface area contributed by atoms with Crippen LogP contribution in [0.25, 0.3) is 0 Å². The molecule has 0 radical (unpaired) electrons. The van der Waals surface area contributed by atoms with Crippen LogP contribution in [-0.2, 0) is 11.3 Å². The fourth-order valence-corrected chi connectivity index (χ4v) is 2.72. The molecule has 0 fully saturated rings. The molecule has 0 heterocycles. The van der Waals surface area contributed by atoms with Gasteiger partial charge in [-0.15, -0.1) is 0 Å². The van der Waals surface area contributed by atoms with Gasteiger partial charge in [-0.25, -0.2) is 13.6 Å². The third kappa shape index (κ3) is 6.53. The molecule has 8 heteroatoms. The average Bonchev–Trinajstić information content (AvgIpc) is 2.67.